The van der Waals surface area contributed by atoms with Crippen LogP contribution in [-0.2, 0) is 11.4 Å². The van der Waals surface area contributed by atoms with E-state index in [1.807, 2.05) is 79.7 Å². The quantitative estimate of drug-likeness (QED) is 0.317. The second-order valence-corrected chi connectivity index (χ2v) is 9.39. The molecule has 0 aliphatic carbocycles. The number of rotatable bonds is 8. The zero-order valence-electron chi connectivity index (χ0n) is 18.0. The maximum Gasteiger partial charge on any atom is 0.293 e. The van der Waals surface area contributed by atoms with Crippen LogP contribution in [0.5, 0.6) is 11.5 Å². The van der Waals surface area contributed by atoms with Gasteiger partial charge < -0.3 is 9.47 Å². The molecule has 1 heterocycles. The molecule has 0 radical (unpaired) electrons. The van der Waals surface area contributed by atoms with Gasteiger partial charge in [0.1, 0.15) is 24.7 Å². The first-order valence-electron chi connectivity index (χ1n) is 10.4. The largest absolute Gasteiger partial charge is 0.492 e. The van der Waals surface area contributed by atoms with Crippen molar-refractivity contribution in [1.29, 1.82) is 0 Å². The lowest BCUT2D eigenvalue weighted by Gasteiger charge is -2.13. The van der Waals surface area contributed by atoms with Gasteiger partial charge in [0.25, 0.3) is 11.1 Å². The summed E-state index contributed by atoms with van der Waals surface area (Å²) in [6.07, 6.45) is 1.72. The molecule has 0 saturated carbocycles. The number of ether oxygens (including phenoxy) is 2. The van der Waals surface area contributed by atoms with Gasteiger partial charge in [0.2, 0.25) is 0 Å². The van der Waals surface area contributed by atoms with Crippen molar-refractivity contribution in [2.24, 2.45) is 0 Å². The predicted octanol–water partition coefficient (Wildman–Crippen LogP) is 6.45. The second kappa shape index (κ2) is 10.7. The number of thioether (sulfide) groups is 1. The average molecular weight is 524 g/mol. The van der Waals surface area contributed by atoms with E-state index in [4.69, 9.17) is 9.47 Å². The number of carbonyl (C=O) groups excluding carboxylic acids is 2. The number of benzene rings is 3. The van der Waals surface area contributed by atoms with E-state index in [9.17, 15) is 9.59 Å². The number of hydrogen-bond acceptors (Lipinski definition) is 5. The van der Waals surface area contributed by atoms with Gasteiger partial charge in [0.15, 0.2) is 0 Å². The van der Waals surface area contributed by atoms with Crippen molar-refractivity contribution in [2.45, 2.75) is 13.5 Å². The van der Waals surface area contributed by atoms with Crippen molar-refractivity contribution >= 4 is 44.9 Å². The van der Waals surface area contributed by atoms with Crippen LogP contribution in [0.15, 0.2) is 82.2 Å². The molecule has 1 fully saturated rings. The minimum atomic E-state index is -0.307. The van der Waals surface area contributed by atoms with Crippen molar-refractivity contribution in [3.05, 3.63) is 98.9 Å². The molecule has 5 nitrogen and oxygen atoms in total. The first-order valence-corrected chi connectivity index (χ1v) is 12.0. The molecular formula is C26H22BrNO4S. The standard InChI is InChI=1S/C26H22BrNO4S/c1-18-5-11-22(12-6-18)31-14-13-28-25(29)24(33-26(28)30)16-20-3-2-4-23(15-20)32-17-19-7-9-21(27)10-8-19/h2-12,15-16H,13-14,17H2,1H3/b24-16-. The van der Waals surface area contributed by atoms with Crippen LogP contribution in [0, 0.1) is 6.92 Å². The molecule has 0 atom stereocenters. The molecule has 1 aliphatic rings. The number of nitrogens with zero attached hydrogens (tertiary/aromatic N) is 1. The van der Waals surface area contributed by atoms with Crippen LogP contribution in [0.3, 0.4) is 0 Å². The van der Waals surface area contributed by atoms with Crippen LogP contribution in [0.25, 0.3) is 6.08 Å². The Kier molecular flexibility index (Phi) is 7.52. The maximum atomic E-state index is 12.8. The Hall–Kier alpha value is -3.03. The minimum absolute atomic E-state index is 0.201. The summed E-state index contributed by atoms with van der Waals surface area (Å²) in [4.78, 5) is 26.7. The Labute approximate surface area is 205 Å². The third-order valence-corrected chi connectivity index (χ3v) is 6.39. The van der Waals surface area contributed by atoms with Crippen LogP contribution in [-0.4, -0.2) is 29.2 Å². The lowest BCUT2D eigenvalue weighted by atomic mass is 10.2. The van der Waals surface area contributed by atoms with E-state index in [0.29, 0.717) is 23.0 Å². The third-order valence-electron chi connectivity index (χ3n) is 4.95. The summed E-state index contributed by atoms with van der Waals surface area (Å²) in [6, 6.07) is 23.0. The van der Waals surface area contributed by atoms with Crippen LogP contribution in [0.1, 0.15) is 16.7 Å². The van der Waals surface area contributed by atoms with Gasteiger partial charge >= 0.3 is 0 Å². The van der Waals surface area contributed by atoms with Gasteiger partial charge in [-0.15, -0.1) is 0 Å². The van der Waals surface area contributed by atoms with Gasteiger partial charge in [-0.2, -0.15) is 0 Å². The summed E-state index contributed by atoms with van der Waals surface area (Å²) in [7, 11) is 0. The van der Waals surface area contributed by atoms with E-state index in [0.717, 1.165) is 32.9 Å². The Morgan fingerprint density at radius 3 is 2.45 bits per heavy atom. The van der Waals surface area contributed by atoms with Crippen molar-refractivity contribution < 1.29 is 19.1 Å². The zero-order valence-corrected chi connectivity index (χ0v) is 20.4. The summed E-state index contributed by atoms with van der Waals surface area (Å²) in [5, 5.41) is -0.290. The van der Waals surface area contributed by atoms with Gasteiger partial charge in [-0.25, -0.2) is 0 Å². The fourth-order valence-electron chi connectivity index (χ4n) is 3.17. The summed E-state index contributed by atoms with van der Waals surface area (Å²) >= 11 is 4.36. The highest BCUT2D eigenvalue weighted by atomic mass is 79.9. The molecule has 168 valence electrons. The molecule has 2 amide bonds. The minimum Gasteiger partial charge on any atom is -0.492 e. The Morgan fingerprint density at radius 2 is 1.70 bits per heavy atom. The molecular weight excluding hydrogens is 502 g/mol. The van der Waals surface area contributed by atoms with Gasteiger partial charge in [0, 0.05) is 4.47 Å². The van der Waals surface area contributed by atoms with E-state index in [1.54, 1.807) is 6.08 Å². The molecule has 7 heteroatoms. The van der Waals surface area contributed by atoms with Crippen LogP contribution < -0.4 is 9.47 Å². The Morgan fingerprint density at radius 1 is 0.939 bits per heavy atom. The van der Waals surface area contributed by atoms with Crippen LogP contribution in [0.4, 0.5) is 4.79 Å². The first-order chi connectivity index (χ1) is 16.0. The number of hydrogen-bond donors (Lipinski definition) is 0. The first kappa shape index (κ1) is 23.1. The summed E-state index contributed by atoms with van der Waals surface area (Å²) < 4.78 is 12.6. The van der Waals surface area contributed by atoms with Gasteiger partial charge in [0.05, 0.1) is 11.4 Å². The van der Waals surface area contributed by atoms with Gasteiger partial charge in [-0.1, -0.05) is 57.9 Å². The molecule has 4 rings (SSSR count). The third kappa shape index (κ3) is 6.27. The van der Waals surface area contributed by atoms with E-state index in [1.165, 1.54) is 4.90 Å². The summed E-state index contributed by atoms with van der Waals surface area (Å²) in [5.41, 5.74) is 2.99. The molecule has 0 unspecified atom stereocenters. The van der Waals surface area contributed by atoms with Crippen LogP contribution in [0.2, 0.25) is 0 Å². The predicted molar refractivity (Wildman–Crippen MR) is 134 cm³/mol. The van der Waals surface area contributed by atoms with E-state index >= 15 is 0 Å². The zero-order chi connectivity index (χ0) is 23.2. The molecule has 3 aromatic rings. The van der Waals surface area contributed by atoms with Gasteiger partial charge in [-0.05, 0) is 72.3 Å². The number of halogens is 1. The molecule has 1 aliphatic heterocycles. The molecule has 0 aromatic heterocycles. The highest BCUT2D eigenvalue weighted by molar-refractivity contribution is 9.10. The van der Waals surface area contributed by atoms with Gasteiger partial charge in [-0.3, -0.25) is 14.5 Å². The fraction of sp³-hybridized carbons (Fsp3) is 0.154. The normalized spacial score (nSPS) is 14.7. The number of imide groups is 1. The maximum absolute atomic E-state index is 12.8. The van der Waals surface area contributed by atoms with E-state index in [2.05, 4.69) is 15.9 Å². The number of carbonyl (C=O) groups is 2. The van der Waals surface area contributed by atoms with Crippen molar-refractivity contribution in [3.63, 3.8) is 0 Å². The monoisotopic (exact) mass is 523 g/mol. The van der Waals surface area contributed by atoms with Crippen molar-refractivity contribution in [2.75, 3.05) is 13.2 Å². The van der Waals surface area contributed by atoms with Crippen molar-refractivity contribution in [1.82, 2.24) is 4.90 Å². The highest BCUT2D eigenvalue weighted by Crippen LogP contribution is 2.32. The summed E-state index contributed by atoms with van der Waals surface area (Å²) in [5.74, 6) is 1.10. The highest BCUT2D eigenvalue weighted by Gasteiger charge is 2.34. The van der Waals surface area contributed by atoms with E-state index < -0.39 is 0 Å². The smallest absolute Gasteiger partial charge is 0.293 e. The topological polar surface area (TPSA) is 55.8 Å². The number of aryl methyl sites for hydroxylation is 1. The molecule has 0 spiro atoms. The Bertz CT molecular complexity index is 1180. The van der Waals surface area contributed by atoms with Crippen molar-refractivity contribution in [3.8, 4) is 11.5 Å². The Balaban J connectivity index is 1.35. The average Bonchev–Trinajstić information content (AvgIpc) is 3.07. The lowest BCUT2D eigenvalue weighted by Crippen LogP contribution is -2.32. The molecule has 0 bridgehead atoms. The molecule has 1 saturated heterocycles. The SMILES string of the molecule is Cc1ccc(OCCN2C(=O)S/C(=C\c3cccc(OCc4ccc(Br)cc4)c3)C2=O)cc1. The molecule has 33 heavy (non-hydrogen) atoms. The van der Waals surface area contributed by atoms with E-state index in [-0.39, 0.29) is 24.3 Å². The number of amides is 2. The second-order valence-electron chi connectivity index (χ2n) is 7.48. The lowest BCUT2D eigenvalue weighted by molar-refractivity contribution is -0.123. The fourth-order valence-corrected chi connectivity index (χ4v) is 4.30. The molecule has 3 aromatic carbocycles. The summed E-state index contributed by atoms with van der Waals surface area (Å²) in [6.45, 7) is 2.88. The van der Waals surface area contributed by atoms with Crippen LogP contribution >= 0.6 is 27.7 Å². The molecule has 0 N–H and O–H groups in total.